The van der Waals surface area contributed by atoms with Gasteiger partial charge < -0.3 is 15.2 Å². The number of rotatable bonds is 4. The predicted octanol–water partition coefficient (Wildman–Crippen LogP) is 3.92. The van der Waals surface area contributed by atoms with Gasteiger partial charge in [-0.3, -0.25) is 0 Å². The summed E-state index contributed by atoms with van der Waals surface area (Å²) < 4.78 is 5.41. The molecule has 0 bridgehead atoms. The van der Waals surface area contributed by atoms with Crippen LogP contribution in [0, 0.1) is 13.8 Å². The smallest absolute Gasteiger partial charge is 0.346 e. The van der Waals surface area contributed by atoms with Gasteiger partial charge in [0.15, 0.2) is 0 Å². The average Bonchev–Trinajstić information content (AvgIpc) is 2.85. The summed E-state index contributed by atoms with van der Waals surface area (Å²) in [5, 5.41) is 13.2. The van der Waals surface area contributed by atoms with E-state index in [4.69, 9.17) is 4.74 Å². The Morgan fingerprint density at radius 1 is 1.42 bits per heavy atom. The van der Waals surface area contributed by atoms with Crippen molar-refractivity contribution in [3.05, 3.63) is 51.9 Å². The highest BCUT2D eigenvalue weighted by Crippen LogP contribution is 2.40. The van der Waals surface area contributed by atoms with E-state index in [0.29, 0.717) is 27.6 Å². The number of aryl methyl sites for hydroxylation is 1. The van der Waals surface area contributed by atoms with E-state index in [0.717, 1.165) is 28.3 Å². The summed E-state index contributed by atoms with van der Waals surface area (Å²) in [5.74, 6) is 0.599. The van der Waals surface area contributed by atoms with Crippen molar-refractivity contribution in [1.29, 1.82) is 0 Å². The topological polar surface area (TPSA) is 70.9 Å². The molecule has 1 aromatic carbocycles. The summed E-state index contributed by atoms with van der Waals surface area (Å²) in [6.07, 6.45) is 0.558. The molecule has 6 heteroatoms. The molecule has 0 spiro atoms. The fourth-order valence-electron chi connectivity index (χ4n) is 2.83. The van der Waals surface area contributed by atoms with Gasteiger partial charge >= 0.3 is 5.97 Å². The van der Waals surface area contributed by atoms with Gasteiger partial charge in [0.25, 0.3) is 0 Å². The minimum absolute atomic E-state index is 0.307. The number of benzene rings is 1. The van der Waals surface area contributed by atoms with Crippen LogP contribution in [0.1, 0.15) is 31.9 Å². The molecule has 2 heterocycles. The molecule has 1 aromatic heterocycles. The number of carboxylic acid groups (broad SMARTS) is 1. The highest BCUT2D eigenvalue weighted by atomic mass is 32.1. The molecule has 0 atom stereocenters. The van der Waals surface area contributed by atoms with Crippen molar-refractivity contribution in [3.63, 3.8) is 0 Å². The molecule has 0 amide bonds. The number of ether oxygens (including phenoxy) is 1. The summed E-state index contributed by atoms with van der Waals surface area (Å²) in [6.45, 7) is 7.84. The van der Waals surface area contributed by atoms with E-state index in [-0.39, 0.29) is 0 Å². The zero-order chi connectivity index (χ0) is 17.4. The molecule has 0 unspecified atom stereocenters. The molecule has 3 rings (SSSR count). The standard InChI is InChI=1S/C18H18N2O3S/c1-9-5-6-13(23-4)12(7-9)8-14-19-11(3)15-10(2)16(18(21)22)24-17(15)20-14/h5-7H,3,8H2,1-2,4H3,(H,19,20)(H,21,22). The van der Waals surface area contributed by atoms with Crippen LogP contribution >= 0.6 is 11.3 Å². The van der Waals surface area contributed by atoms with Crippen LogP contribution in [0.5, 0.6) is 5.75 Å². The van der Waals surface area contributed by atoms with Gasteiger partial charge in [0.2, 0.25) is 0 Å². The number of aliphatic imine (C=N–C) groups is 1. The van der Waals surface area contributed by atoms with Crippen LogP contribution in [0.15, 0.2) is 29.8 Å². The lowest BCUT2D eigenvalue weighted by Crippen LogP contribution is -2.26. The maximum absolute atomic E-state index is 11.3. The van der Waals surface area contributed by atoms with Gasteiger partial charge in [-0.15, -0.1) is 11.3 Å². The van der Waals surface area contributed by atoms with E-state index >= 15 is 0 Å². The lowest BCUT2D eigenvalue weighted by Gasteiger charge is -2.19. The molecular weight excluding hydrogens is 324 g/mol. The molecule has 0 radical (unpaired) electrons. The molecule has 24 heavy (non-hydrogen) atoms. The number of fused-ring (bicyclic) bond motifs is 1. The minimum atomic E-state index is -0.934. The van der Waals surface area contributed by atoms with Gasteiger partial charge in [-0.25, -0.2) is 9.79 Å². The largest absolute Gasteiger partial charge is 0.496 e. The van der Waals surface area contributed by atoms with Gasteiger partial charge in [0, 0.05) is 23.2 Å². The summed E-state index contributed by atoms with van der Waals surface area (Å²) in [4.78, 5) is 16.2. The van der Waals surface area contributed by atoms with Crippen molar-refractivity contribution in [1.82, 2.24) is 5.32 Å². The zero-order valence-corrected chi connectivity index (χ0v) is 14.6. The normalized spacial score (nSPS) is 13.1. The Kier molecular flexibility index (Phi) is 4.15. The second-order valence-corrected chi connectivity index (χ2v) is 6.69. The van der Waals surface area contributed by atoms with Crippen LogP contribution in [0.2, 0.25) is 0 Å². The molecular formula is C18H18N2O3S. The van der Waals surface area contributed by atoms with Crippen LogP contribution < -0.4 is 10.1 Å². The van der Waals surface area contributed by atoms with Gasteiger partial charge in [-0.2, -0.15) is 0 Å². The Morgan fingerprint density at radius 3 is 2.83 bits per heavy atom. The molecule has 0 aliphatic carbocycles. The number of nitrogens with zero attached hydrogens (tertiary/aromatic N) is 1. The second kappa shape index (κ2) is 6.13. The van der Waals surface area contributed by atoms with Crippen molar-refractivity contribution in [2.24, 2.45) is 4.99 Å². The van der Waals surface area contributed by atoms with Crippen LogP contribution in [-0.4, -0.2) is 24.0 Å². The lowest BCUT2D eigenvalue weighted by molar-refractivity contribution is 0.0701. The monoisotopic (exact) mass is 342 g/mol. The minimum Gasteiger partial charge on any atom is -0.496 e. The third-order valence-electron chi connectivity index (χ3n) is 3.95. The highest BCUT2D eigenvalue weighted by molar-refractivity contribution is 7.18. The number of carboxylic acids is 1. The van der Waals surface area contributed by atoms with Crippen molar-refractivity contribution in [2.75, 3.05) is 7.11 Å². The maximum atomic E-state index is 11.3. The number of amidine groups is 1. The first kappa shape index (κ1) is 16.3. The predicted molar refractivity (Wildman–Crippen MR) is 96.7 cm³/mol. The first-order valence-corrected chi connectivity index (χ1v) is 8.26. The molecule has 5 nitrogen and oxygen atoms in total. The van der Waals surface area contributed by atoms with E-state index in [9.17, 15) is 9.90 Å². The Bertz CT molecular complexity index is 881. The number of methoxy groups -OCH3 is 1. The number of carbonyl (C=O) groups is 1. The van der Waals surface area contributed by atoms with Crippen molar-refractivity contribution < 1.29 is 14.6 Å². The third kappa shape index (κ3) is 2.80. The SMILES string of the molecule is C=C1NC(Cc2cc(C)ccc2OC)=Nc2sc(C(=O)O)c(C)c21. The molecule has 1 aliphatic heterocycles. The first-order chi connectivity index (χ1) is 11.4. The Labute approximate surface area is 144 Å². The molecule has 1 aliphatic rings. The van der Waals surface area contributed by atoms with Gasteiger partial charge in [-0.1, -0.05) is 24.3 Å². The number of hydrogen-bond donors (Lipinski definition) is 2. The summed E-state index contributed by atoms with van der Waals surface area (Å²) in [7, 11) is 1.64. The summed E-state index contributed by atoms with van der Waals surface area (Å²) in [6, 6.07) is 5.99. The second-order valence-electron chi connectivity index (χ2n) is 5.70. The number of nitrogens with one attached hydrogen (secondary N) is 1. The molecule has 0 saturated carbocycles. The van der Waals surface area contributed by atoms with Crippen molar-refractivity contribution >= 4 is 33.8 Å². The first-order valence-electron chi connectivity index (χ1n) is 7.44. The van der Waals surface area contributed by atoms with Crippen LogP contribution in [0.4, 0.5) is 5.00 Å². The highest BCUT2D eigenvalue weighted by Gasteiger charge is 2.25. The number of thiophene rings is 1. The van der Waals surface area contributed by atoms with Crippen LogP contribution in [-0.2, 0) is 6.42 Å². The lowest BCUT2D eigenvalue weighted by atomic mass is 10.0. The van der Waals surface area contributed by atoms with Gasteiger partial charge in [0.05, 0.1) is 7.11 Å². The molecule has 2 N–H and O–H groups in total. The molecule has 124 valence electrons. The Balaban J connectivity index is 2.00. The fraction of sp³-hybridized carbons (Fsp3) is 0.222. The summed E-state index contributed by atoms with van der Waals surface area (Å²) in [5.41, 5.74) is 4.34. The number of aromatic carboxylic acids is 1. The fourth-order valence-corrected chi connectivity index (χ4v) is 3.90. The maximum Gasteiger partial charge on any atom is 0.346 e. The van der Waals surface area contributed by atoms with Gasteiger partial charge in [0.1, 0.15) is 21.5 Å². The van der Waals surface area contributed by atoms with Crippen LogP contribution in [0.25, 0.3) is 5.70 Å². The average molecular weight is 342 g/mol. The Morgan fingerprint density at radius 2 is 2.17 bits per heavy atom. The van der Waals surface area contributed by atoms with Crippen molar-refractivity contribution in [2.45, 2.75) is 20.3 Å². The van der Waals surface area contributed by atoms with E-state index in [2.05, 4.69) is 23.0 Å². The van der Waals surface area contributed by atoms with Crippen LogP contribution in [0.3, 0.4) is 0 Å². The zero-order valence-electron chi connectivity index (χ0n) is 13.8. The third-order valence-corrected chi connectivity index (χ3v) is 5.12. The molecule has 0 fully saturated rings. The van der Waals surface area contributed by atoms with Gasteiger partial charge in [-0.05, 0) is 25.5 Å². The van der Waals surface area contributed by atoms with Crippen molar-refractivity contribution in [3.8, 4) is 5.75 Å². The van der Waals surface area contributed by atoms with E-state index < -0.39 is 5.97 Å². The van der Waals surface area contributed by atoms with E-state index in [1.807, 2.05) is 19.1 Å². The molecule has 2 aromatic rings. The van der Waals surface area contributed by atoms with E-state index in [1.165, 1.54) is 11.3 Å². The quantitative estimate of drug-likeness (QED) is 0.883. The summed E-state index contributed by atoms with van der Waals surface area (Å²) >= 11 is 1.18. The molecule has 0 saturated heterocycles. The Hall–Kier alpha value is -2.60. The van der Waals surface area contributed by atoms with E-state index in [1.54, 1.807) is 14.0 Å². The number of hydrogen-bond acceptors (Lipinski definition) is 5.